The van der Waals surface area contributed by atoms with E-state index >= 15 is 0 Å². The Balaban J connectivity index is 2.69. The van der Waals surface area contributed by atoms with Gasteiger partial charge in [-0.2, -0.15) is 9.13 Å². The number of benzene rings is 1. The summed E-state index contributed by atoms with van der Waals surface area (Å²) in [5.74, 6) is 0. The van der Waals surface area contributed by atoms with Gasteiger partial charge in [-0.3, -0.25) is 0 Å². The van der Waals surface area contributed by atoms with Gasteiger partial charge >= 0.3 is 17.9 Å². The minimum Gasteiger partial charge on any atom is -0.443 e. The first-order chi connectivity index (χ1) is 11.3. The van der Waals surface area contributed by atoms with Crippen molar-refractivity contribution in [3.05, 3.63) is 33.2 Å². The molecule has 0 saturated carbocycles. The minimum atomic E-state index is -0.858. The number of fused-ring (bicyclic) bond motifs is 1. The third-order valence-corrected chi connectivity index (χ3v) is 3.45. The van der Waals surface area contributed by atoms with Crippen molar-refractivity contribution in [1.29, 1.82) is 0 Å². The van der Waals surface area contributed by atoms with Gasteiger partial charge < -0.3 is 9.47 Å². The molecule has 0 bridgehead atoms. The van der Waals surface area contributed by atoms with Gasteiger partial charge in [0.2, 0.25) is 0 Å². The van der Waals surface area contributed by atoms with Crippen molar-refractivity contribution in [3.8, 4) is 0 Å². The van der Waals surface area contributed by atoms with Crippen molar-refractivity contribution in [3.63, 3.8) is 0 Å². The van der Waals surface area contributed by atoms with E-state index < -0.39 is 29.1 Å². The number of imidazole rings is 1. The molecule has 0 spiro atoms. The molecule has 0 saturated heterocycles. The Morgan fingerprint density at radius 2 is 1.32 bits per heavy atom. The van der Waals surface area contributed by atoms with Crippen LogP contribution in [-0.4, -0.2) is 32.5 Å². The van der Waals surface area contributed by atoms with Crippen molar-refractivity contribution in [2.75, 3.05) is 0 Å². The van der Waals surface area contributed by atoms with Crippen molar-refractivity contribution in [2.24, 2.45) is 0 Å². The predicted octanol–water partition coefficient (Wildman–Crippen LogP) is 4.13. The highest BCUT2D eigenvalue weighted by atomic mass is 79.9. The predicted molar refractivity (Wildman–Crippen MR) is 97.2 cm³/mol. The molecular formula is C17H21BrN2O5. The summed E-state index contributed by atoms with van der Waals surface area (Å²) in [7, 11) is 0. The zero-order valence-corrected chi connectivity index (χ0v) is 16.6. The summed E-state index contributed by atoms with van der Waals surface area (Å²) >= 11 is 3.30. The van der Waals surface area contributed by atoms with E-state index in [9.17, 15) is 14.4 Å². The van der Waals surface area contributed by atoms with E-state index in [4.69, 9.17) is 9.47 Å². The Labute approximate surface area is 153 Å². The van der Waals surface area contributed by atoms with E-state index in [0.717, 1.165) is 9.13 Å². The van der Waals surface area contributed by atoms with E-state index in [-0.39, 0.29) is 11.0 Å². The number of ether oxygens (including phenoxy) is 2. The average molecular weight is 413 g/mol. The summed E-state index contributed by atoms with van der Waals surface area (Å²) in [6.07, 6.45) is -1.71. The maximum Gasteiger partial charge on any atom is 0.423 e. The molecule has 0 N–H and O–H groups in total. The van der Waals surface area contributed by atoms with Crippen molar-refractivity contribution in [1.82, 2.24) is 9.13 Å². The number of hydrogen-bond donors (Lipinski definition) is 0. The lowest BCUT2D eigenvalue weighted by Gasteiger charge is -2.19. The monoisotopic (exact) mass is 412 g/mol. The van der Waals surface area contributed by atoms with E-state index in [0.29, 0.717) is 4.47 Å². The smallest absolute Gasteiger partial charge is 0.423 e. The van der Waals surface area contributed by atoms with Crippen LogP contribution in [0.3, 0.4) is 0 Å². The van der Waals surface area contributed by atoms with Gasteiger partial charge in [0, 0.05) is 4.47 Å². The van der Waals surface area contributed by atoms with Gasteiger partial charge in [-0.05, 0) is 59.7 Å². The molecule has 0 aliphatic carbocycles. The van der Waals surface area contributed by atoms with Crippen molar-refractivity contribution in [2.45, 2.75) is 52.7 Å². The van der Waals surface area contributed by atoms with E-state index in [1.165, 1.54) is 0 Å². The summed E-state index contributed by atoms with van der Waals surface area (Å²) in [5, 5.41) is 0. The van der Waals surface area contributed by atoms with Gasteiger partial charge in [0.1, 0.15) is 11.2 Å². The fraction of sp³-hybridized carbons (Fsp3) is 0.471. The molecule has 2 rings (SSSR count). The van der Waals surface area contributed by atoms with Crippen LogP contribution < -0.4 is 5.69 Å². The fourth-order valence-corrected chi connectivity index (χ4v) is 2.49. The summed E-state index contributed by atoms with van der Waals surface area (Å²) in [4.78, 5) is 37.7. The zero-order valence-electron chi connectivity index (χ0n) is 15.0. The first-order valence-corrected chi connectivity index (χ1v) is 8.49. The average Bonchev–Trinajstić information content (AvgIpc) is 2.65. The van der Waals surface area contributed by atoms with Gasteiger partial charge in [0.05, 0.1) is 11.0 Å². The molecule has 8 heteroatoms. The number of aromatic nitrogens is 2. The van der Waals surface area contributed by atoms with Crippen LogP contribution in [0.5, 0.6) is 0 Å². The van der Waals surface area contributed by atoms with Gasteiger partial charge in [-0.15, -0.1) is 0 Å². The third kappa shape index (κ3) is 4.31. The van der Waals surface area contributed by atoms with Gasteiger partial charge in [0.25, 0.3) is 0 Å². The lowest BCUT2D eigenvalue weighted by atomic mass is 10.2. The van der Waals surface area contributed by atoms with E-state index in [2.05, 4.69) is 15.9 Å². The number of hydrogen-bond acceptors (Lipinski definition) is 5. The van der Waals surface area contributed by atoms with Crippen LogP contribution in [0.1, 0.15) is 41.5 Å². The second kappa shape index (κ2) is 6.33. The summed E-state index contributed by atoms with van der Waals surface area (Å²) in [5.41, 5.74) is -1.90. The number of carbonyl (C=O) groups excluding carboxylic acids is 2. The highest BCUT2D eigenvalue weighted by molar-refractivity contribution is 9.10. The molecule has 1 heterocycles. The Bertz CT molecular complexity index is 897. The molecule has 0 atom stereocenters. The second-order valence-corrected chi connectivity index (χ2v) is 8.46. The molecule has 1 aromatic heterocycles. The third-order valence-electron chi connectivity index (χ3n) is 2.95. The van der Waals surface area contributed by atoms with Crippen molar-refractivity contribution >= 4 is 39.1 Å². The Morgan fingerprint density at radius 1 is 0.880 bits per heavy atom. The fourth-order valence-electron chi connectivity index (χ4n) is 2.14. The number of carbonyl (C=O) groups is 2. The molecule has 7 nitrogen and oxygen atoms in total. The lowest BCUT2D eigenvalue weighted by Crippen LogP contribution is -2.38. The molecule has 2 aromatic rings. The normalized spacial score (nSPS) is 12.3. The maximum absolute atomic E-state index is 12.8. The zero-order chi connectivity index (χ0) is 19.2. The summed E-state index contributed by atoms with van der Waals surface area (Å²) in [6, 6.07) is 4.80. The molecule has 25 heavy (non-hydrogen) atoms. The SMILES string of the molecule is CC(C)(C)OC(=O)n1c(=O)n(C(=O)OC(C)(C)C)c2cc(Br)ccc21. The summed E-state index contributed by atoms with van der Waals surface area (Å²) in [6.45, 7) is 10.2. The quantitative estimate of drug-likeness (QED) is 0.649. The topological polar surface area (TPSA) is 79.5 Å². The first kappa shape index (κ1) is 19.2. The largest absolute Gasteiger partial charge is 0.443 e. The van der Waals surface area contributed by atoms with Gasteiger partial charge in [-0.25, -0.2) is 14.4 Å². The summed E-state index contributed by atoms with van der Waals surface area (Å²) < 4.78 is 12.9. The molecule has 0 aliphatic heterocycles. The molecule has 0 unspecified atom stereocenters. The van der Waals surface area contributed by atoms with Gasteiger partial charge in [0.15, 0.2) is 0 Å². The van der Waals surface area contributed by atoms with Gasteiger partial charge in [-0.1, -0.05) is 15.9 Å². The van der Waals surface area contributed by atoms with Crippen molar-refractivity contribution < 1.29 is 19.1 Å². The van der Waals surface area contributed by atoms with Crippen LogP contribution in [0.4, 0.5) is 9.59 Å². The van der Waals surface area contributed by atoms with Crippen LogP contribution in [0.15, 0.2) is 27.5 Å². The Kier molecular flexibility index (Phi) is 4.87. The molecule has 0 fully saturated rings. The lowest BCUT2D eigenvalue weighted by molar-refractivity contribution is 0.0518. The number of rotatable bonds is 0. The molecule has 0 radical (unpaired) electrons. The van der Waals surface area contributed by atoms with Crippen LogP contribution in [0.25, 0.3) is 11.0 Å². The maximum atomic E-state index is 12.8. The minimum absolute atomic E-state index is 0.250. The van der Waals surface area contributed by atoms with Crippen LogP contribution in [0, 0.1) is 0 Å². The second-order valence-electron chi connectivity index (χ2n) is 7.55. The Morgan fingerprint density at radius 3 is 1.76 bits per heavy atom. The molecule has 136 valence electrons. The van der Waals surface area contributed by atoms with E-state index in [1.807, 2.05) is 0 Å². The highest BCUT2D eigenvalue weighted by Gasteiger charge is 2.28. The number of nitrogens with zero attached hydrogens (tertiary/aromatic N) is 2. The molecule has 1 aromatic carbocycles. The molecule has 0 amide bonds. The van der Waals surface area contributed by atoms with Crippen LogP contribution in [0.2, 0.25) is 0 Å². The number of halogens is 1. The molecule has 0 aliphatic rings. The Hall–Kier alpha value is -2.09. The van der Waals surface area contributed by atoms with E-state index in [1.54, 1.807) is 59.7 Å². The standard InChI is InChI=1S/C17H21BrN2O5/c1-16(2,3)24-14(22)19-11-8-7-10(18)9-12(11)20(13(19)21)15(23)25-17(4,5)6/h7-9H,1-6H3. The van der Waals surface area contributed by atoms with Crippen LogP contribution >= 0.6 is 15.9 Å². The van der Waals surface area contributed by atoms with Crippen LogP contribution in [-0.2, 0) is 9.47 Å². The molecular weight excluding hydrogens is 392 g/mol. The highest BCUT2D eigenvalue weighted by Crippen LogP contribution is 2.21. The first-order valence-electron chi connectivity index (χ1n) is 7.70.